The predicted octanol–water partition coefficient (Wildman–Crippen LogP) is 4.66. The molecule has 2 aromatic heterocycles. The number of hydrogen-bond donors (Lipinski definition) is 0. The Morgan fingerprint density at radius 1 is 1.07 bits per heavy atom. The van der Waals surface area contributed by atoms with Crippen LogP contribution in [0.4, 0.5) is 0 Å². The van der Waals surface area contributed by atoms with E-state index in [1.165, 1.54) is 11.3 Å². The zero-order valence-electron chi connectivity index (χ0n) is 14.7. The molecule has 27 heavy (non-hydrogen) atoms. The summed E-state index contributed by atoms with van der Waals surface area (Å²) in [5.41, 5.74) is 3.57. The number of benzene rings is 2. The van der Waals surface area contributed by atoms with Gasteiger partial charge in [0, 0.05) is 17.3 Å². The van der Waals surface area contributed by atoms with Gasteiger partial charge in [0.15, 0.2) is 0 Å². The zero-order chi connectivity index (χ0) is 18.6. The van der Waals surface area contributed by atoms with E-state index in [-0.39, 0.29) is 12.6 Å². The molecule has 0 aliphatic heterocycles. The van der Waals surface area contributed by atoms with Crippen molar-refractivity contribution in [3.05, 3.63) is 88.5 Å². The SMILES string of the molecule is Cc1ncc(C(=O)OCc2cn(-c3ccccc3)nc2-c2ccccc2)s1. The summed E-state index contributed by atoms with van der Waals surface area (Å²) in [5, 5.41) is 5.56. The highest BCUT2D eigenvalue weighted by Gasteiger charge is 2.16. The van der Waals surface area contributed by atoms with Gasteiger partial charge in [0.2, 0.25) is 0 Å². The third-order valence-electron chi connectivity index (χ3n) is 4.04. The Morgan fingerprint density at radius 2 is 1.78 bits per heavy atom. The summed E-state index contributed by atoms with van der Waals surface area (Å²) in [6, 6.07) is 19.7. The van der Waals surface area contributed by atoms with Gasteiger partial charge in [-0.25, -0.2) is 14.5 Å². The minimum Gasteiger partial charge on any atom is -0.456 e. The van der Waals surface area contributed by atoms with Crippen LogP contribution in [0.15, 0.2) is 73.1 Å². The van der Waals surface area contributed by atoms with Gasteiger partial charge in [-0.05, 0) is 19.1 Å². The molecule has 0 aliphatic rings. The highest BCUT2D eigenvalue weighted by atomic mass is 32.1. The van der Waals surface area contributed by atoms with Gasteiger partial charge in [0.25, 0.3) is 0 Å². The van der Waals surface area contributed by atoms with Crippen molar-refractivity contribution < 1.29 is 9.53 Å². The Kier molecular flexibility index (Phi) is 4.80. The van der Waals surface area contributed by atoms with Crippen molar-refractivity contribution in [3.8, 4) is 16.9 Å². The van der Waals surface area contributed by atoms with Gasteiger partial charge in [0.1, 0.15) is 11.5 Å². The number of rotatable bonds is 5. The first-order valence-electron chi connectivity index (χ1n) is 8.49. The molecule has 0 fully saturated rings. The Labute approximate surface area is 160 Å². The summed E-state index contributed by atoms with van der Waals surface area (Å²) in [4.78, 5) is 16.9. The molecular weight excluding hydrogens is 358 g/mol. The number of aromatic nitrogens is 3. The van der Waals surface area contributed by atoms with Crippen molar-refractivity contribution in [2.24, 2.45) is 0 Å². The highest BCUT2D eigenvalue weighted by Crippen LogP contribution is 2.25. The average molecular weight is 375 g/mol. The van der Waals surface area contributed by atoms with Gasteiger partial charge < -0.3 is 4.74 Å². The molecule has 0 spiro atoms. The molecule has 6 heteroatoms. The van der Waals surface area contributed by atoms with E-state index in [0.717, 1.165) is 27.5 Å². The van der Waals surface area contributed by atoms with Gasteiger partial charge in [-0.2, -0.15) is 5.10 Å². The second kappa shape index (κ2) is 7.55. The number of aryl methyl sites for hydroxylation is 1. The lowest BCUT2D eigenvalue weighted by atomic mass is 10.1. The molecule has 0 atom stereocenters. The van der Waals surface area contributed by atoms with E-state index >= 15 is 0 Å². The van der Waals surface area contributed by atoms with Crippen molar-refractivity contribution in [3.63, 3.8) is 0 Å². The van der Waals surface area contributed by atoms with Crippen LogP contribution < -0.4 is 0 Å². The largest absolute Gasteiger partial charge is 0.456 e. The molecule has 0 aliphatic carbocycles. The second-order valence-corrected chi connectivity index (χ2v) is 7.20. The standard InChI is InChI=1S/C21H17N3O2S/c1-15-22-12-19(27-15)21(25)26-14-17-13-24(18-10-6-3-7-11-18)23-20(17)16-8-4-2-5-9-16/h2-13H,14H2,1H3. The van der Waals surface area contributed by atoms with Crippen LogP contribution in [0.2, 0.25) is 0 Å². The first-order chi connectivity index (χ1) is 13.2. The summed E-state index contributed by atoms with van der Waals surface area (Å²) >= 11 is 1.33. The number of carbonyl (C=O) groups excluding carboxylic acids is 1. The molecule has 0 saturated heterocycles. The van der Waals surface area contributed by atoms with Crippen molar-refractivity contribution >= 4 is 17.3 Å². The molecule has 0 bridgehead atoms. The summed E-state index contributed by atoms with van der Waals surface area (Å²) in [5.74, 6) is -0.368. The lowest BCUT2D eigenvalue weighted by Gasteiger charge is -2.03. The number of ether oxygens (including phenoxy) is 1. The third kappa shape index (κ3) is 3.80. The summed E-state index contributed by atoms with van der Waals surface area (Å²) in [6.07, 6.45) is 3.46. The number of carbonyl (C=O) groups is 1. The highest BCUT2D eigenvalue weighted by molar-refractivity contribution is 7.13. The lowest BCUT2D eigenvalue weighted by molar-refractivity contribution is 0.0479. The third-order valence-corrected chi connectivity index (χ3v) is 4.93. The van der Waals surface area contributed by atoms with Crippen LogP contribution in [0.1, 0.15) is 20.2 Å². The first-order valence-corrected chi connectivity index (χ1v) is 9.31. The Balaban J connectivity index is 1.64. The fourth-order valence-corrected chi connectivity index (χ4v) is 3.41. The minimum absolute atomic E-state index is 0.146. The number of nitrogens with zero attached hydrogens (tertiary/aromatic N) is 3. The van der Waals surface area contributed by atoms with E-state index < -0.39 is 0 Å². The molecule has 0 amide bonds. The van der Waals surface area contributed by atoms with Crippen LogP contribution >= 0.6 is 11.3 Å². The maximum Gasteiger partial charge on any atom is 0.350 e. The van der Waals surface area contributed by atoms with E-state index in [9.17, 15) is 4.79 Å². The van der Waals surface area contributed by atoms with Gasteiger partial charge >= 0.3 is 5.97 Å². The maximum atomic E-state index is 12.3. The normalized spacial score (nSPS) is 10.7. The molecule has 0 unspecified atom stereocenters. The molecule has 2 aromatic carbocycles. The summed E-state index contributed by atoms with van der Waals surface area (Å²) in [7, 11) is 0. The van der Waals surface area contributed by atoms with Crippen molar-refractivity contribution in [2.45, 2.75) is 13.5 Å². The molecule has 5 nitrogen and oxygen atoms in total. The van der Waals surface area contributed by atoms with Gasteiger partial charge in [-0.3, -0.25) is 0 Å². The summed E-state index contributed by atoms with van der Waals surface area (Å²) in [6.45, 7) is 2.01. The molecule has 4 aromatic rings. The van der Waals surface area contributed by atoms with Crippen LogP contribution in [0.5, 0.6) is 0 Å². The van der Waals surface area contributed by atoms with E-state index in [1.54, 1.807) is 6.20 Å². The van der Waals surface area contributed by atoms with Crippen LogP contribution in [0, 0.1) is 6.92 Å². The lowest BCUT2D eigenvalue weighted by Crippen LogP contribution is -2.03. The van der Waals surface area contributed by atoms with E-state index in [1.807, 2.05) is 78.5 Å². The molecule has 4 rings (SSSR count). The molecule has 0 radical (unpaired) electrons. The molecule has 134 valence electrons. The maximum absolute atomic E-state index is 12.3. The average Bonchev–Trinajstić information content (AvgIpc) is 3.34. The van der Waals surface area contributed by atoms with Crippen molar-refractivity contribution in [2.75, 3.05) is 0 Å². The fraction of sp³-hybridized carbons (Fsp3) is 0.0952. The smallest absolute Gasteiger partial charge is 0.350 e. The van der Waals surface area contributed by atoms with Crippen LogP contribution in [-0.4, -0.2) is 20.7 Å². The van der Waals surface area contributed by atoms with Crippen molar-refractivity contribution in [1.29, 1.82) is 0 Å². The van der Waals surface area contributed by atoms with Gasteiger partial charge in [-0.15, -0.1) is 11.3 Å². The quantitative estimate of drug-likeness (QED) is 0.476. The number of thiazole rings is 1. The molecule has 2 heterocycles. The van der Waals surface area contributed by atoms with Crippen LogP contribution in [-0.2, 0) is 11.3 Å². The van der Waals surface area contributed by atoms with Crippen LogP contribution in [0.3, 0.4) is 0 Å². The van der Waals surface area contributed by atoms with Gasteiger partial charge in [-0.1, -0.05) is 48.5 Å². The Morgan fingerprint density at radius 3 is 2.44 bits per heavy atom. The topological polar surface area (TPSA) is 57.0 Å². The second-order valence-electron chi connectivity index (χ2n) is 5.97. The minimum atomic E-state index is -0.368. The van der Waals surface area contributed by atoms with Crippen LogP contribution in [0.25, 0.3) is 16.9 Å². The molecule has 0 saturated carbocycles. The molecule has 0 N–H and O–H groups in total. The monoisotopic (exact) mass is 375 g/mol. The van der Waals surface area contributed by atoms with E-state index in [2.05, 4.69) is 4.98 Å². The summed E-state index contributed by atoms with van der Waals surface area (Å²) < 4.78 is 7.32. The first kappa shape index (κ1) is 17.2. The van der Waals surface area contributed by atoms with Crippen molar-refractivity contribution in [1.82, 2.24) is 14.8 Å². The zero-order valence-corrected chi connectivity index (χ0v) is 15.5. The van der Waals surface area contributed by atoms with E-state index in [4.69, 9.17) is 9.84 Å². The number of hydrogen-bond acceptors (Lipinski definition) is 5. The molecular formula is C21H17N3O2S. The Hall–Kier alpha value is -3.25. The fourth-order valence-electron chi connectivity index (χ4n) is 2.74. The number of para-hydroxylation sites is 1. The number of esters is 1. The predicted molar refractivity (Wildman–Crippen MR) is 105 cm³/mol. The Bertz CT molecular complexity index is 1060. The van der Waals surface area contributed by atoms with Gasteiger partial charge in [0.05, 0.1) is 22.6 Å². The van der Waals surface area contributed by atoms with E-state index in [0.29, 0.717) is 4.88 Å².